The first kappa shape index (κ1) is 14.3. The van der Waals surface area contributed by atoms with E-state index in [1.165, 1.54) is 12.1 Å². The molecule has 1 aromatic heterocycles. The summed E-state index contributed by atoms with van der Waals surface area (Å²) in [5.41, 5.74) is 2.69. The third kappa shape index (κ3) is 2.46. The number of alkyl halides is 1. The molecule has 0 fully saturated rings. The normalized spacial score (nSPS) is 11.2. The Morgan fingerprint density at radius 1 is 1.25 bits per heavy atom. The Kier molecular flexibility index (Phi) is 4.01. The second-order valence-corrected chi connectivity index (χ2v) is 6.57. The SMILES string of the molecule is Fc1ccc(-n2c(CCl)nc3cc(Br)ccc32)c(I)c1. The van der Waals surface area contributed by atoms with E-state index in [9.17, 15) is 4.39 Å². The average Bonchev–Trinajstić information content (AvgIpc) is 2.76. The first-order chi connectivity index (χ1) is 9.60. The first-order valence-corrected chi connectivity index (χ1v) is 8.19. The van der Waals surface area contributed by atoms with Gasteiger partial charge in [0, 0.05) is 8.04 Å². The number of nitrogens with zero attached hydrogens (tertiary/aromatic N) is 2. The van der Waals surface area contributed by atoms with E-state index in [0.29, 0.717) is 5.88 Å². The number of benzene rings is 2. The van der Waals surface area contributed by atoms with E-state index in [-0.39, 0.29) is 5.82 Å². The fraction of sp³-hybridized carbons (Fsp3) is 0.0714. The van der Waals surface area contributed by atoms with Crippen LogP contribution in [0.4, 0.5) is 4.39 Å². The van der Waals surface area contributed by atoms with Crippen molar-refractivity contribution in [1.29, 1.82) is 0 Å². The van der Waals surface area contributed by atoms with Crippen LogP contribution in [0.3, 0.4) is 0 Å². The summed E-state index contributed by atoms with van der Waals surface area (Å²) in [6, 6.07) is 10.6. The first-order valence-electron chi connectivity index (χ1n) is 5.78. The largest absolute Gasteiger partial charge is 0.294 e. The van der Waals surface area contributed by atoms with Gasteiger partial charge in [-0.2, -0.15) is 0 Å². The molecule has 0 radical (unpaired) electrons. The van der Waals surface area contributed by atoms with Gasteiger partial charge < -0.3 is 0 Å². The lowest BCUT2D eigenvalue weighted by Gasteiger charge is -2.10. The third-order valence-electron chi connectivity index (χ3n) is 2.96. The van der Waals surface area contributed by atoms with Gasteiger partial charge in [-0.15, -0.1) is 11.6 Å². The minimum atomic E-state index is -0.252. The lowest BCUT2D eigenvalue weighted by molar-refractivity contribution is 0.626. The molecule has 0 atom stereocenters. The van der Waals surface area contributed by atoms with Crippen LogP contribution in [0.2, 0.25) is 0 Å². The van der Waals surface area contributed by atoms with Crippen LogP contribution in [0.25, 0.3) is 16.7 Å². The molecule has 3 rings (SSSR count). The molecule has 0 saturated carbocycles. The zero-order valence-electron chi connectivity index (χ0n) is 10.1. The molecule has 20 heavy (non-hydrogen) atoms. The van der Waals surface area contributed by atoms with Gasteiger partial charge in [0.05, 0.1) is 22.6 Å². The van der Waals surface area contributed by atoms with Crippen LogP contribution in [-0.2, 0) is 5.88 Å². The summed E-state index contributed by atoms with van der Waals surface area (Å²) < 4.78 is 17.0. The molecule has 0 saturated heterocycles. The maximum atomic E-state index is 13.3. The number of hydrogen-bond donors (Lipinski definition) is 0. The van der Waals surface area contributed by atoms with Crippen molar-refractivity contribution in [2.24, 2.45) is 0 Å². The van der Waals surface area contributed by atoms with Gasteiger partial charge >= 0.3 is 0 Å². The minimum absolute atomic E-state index is 0.252. The fourth-order valence-electron chi connectivity index (χ4n) is 2.12. The molecule has 6 heteroatoms. The summed E-state index contributed by atoms with van der Waals surface area (Å²) in [5.74, 6) is 0.779. The molecular formula is C14H8BrClFIN2. The molecule has 2 nitrogen and oxygen atoms in total. The van der Waals surface area contributed by atoms with E-state index in [1.807, 2.05) is 22.8 Å². The molecule has 0 aliphatic heterocycles. The zero-order chi connectivity index (χ0) is 14.3. The van der Waals surface area contributed by atoms with E-state index >= 15 is 0 Å². The van der Waals surface area contributed by atoms with Crippen molar-refractivity contribution in [3.8, 4) is 5.69 Å². The Bertz CT molecular complexity index is 803. The van der Waals surface area contributed by atoms with Crippen LogP contribution in [0, 0.1) is 9.39 Å². The van der Waals surface area contributed by atoms with Gasteiger partial charge in [-0.05, 0) is 59.0 Å². The molecule has 0 amide bonds. The van der Waals surface area contributed by atoms with E-state index in [1.54, 1.807) is 6.07 Å². The van der Waals surface area contributed by atoms with Crippen LogP contribution in [0.15, 0.2) is 40.9 Å². The summed E-state index contributed by atoms with van der Waals surface area (Å²) in [5, 5.41) is 0. The van der Waals surface area contributed by atoms with Gasteiger partial charge in [-0.25, -0.2) is 9.37 Å². The molecule has 1 heterocycles. The fourth-order valence-corrected chi connectivity index (χ4v) is 3.37. The van der Waals surface area contributed by atoms with Crippen molar-refractivity contribution in [2.45, 2.75) is 5.88 Å². The van der Waals surface area contributed by atoms with Gasteiger partial charge in [-0.3, -0.25) is 4.57 Å². The van der Waals surface area contributed by atoms with Crippen molar-refractivity contribution in [2.75, 3.05) is 0 Å². The number of aromatic nitrogens is 2. The highest BCUT2D eigenvalue weighted by molar-refractivity contribution is 14.1. The lowest BCUT2D eigenvalue weighted by Crippen LogP contribution is -2.01. The molecule has 0 aliphatic rings. The second-order valence-electron chi connectivity index (χ2n) is 4.23. The van der Waals surface area contributed by atoms with E-state index in [0.717, 1.165) is 30.6 Å². The number of fused-ring (bicyclic) bond motifs is 1. The van der Waals surface area contributed by atoms with Crippen molar-refractivity contribution in [3.05, 3.63) is 56.1 Å². The van der Waals surface area contributed by atoms with E-state index in [4.69, 9.17) is 11.6 Å². The van der Waals surface area contributed by atoms with Crippen molar-refractivity contribution in [1.82, 2.24) is 9.55 Å². The highest BCUT2D eigenvalue weighted by Crippen LogP contribution is 2.28. The quantitative estimate of drug-likeness (QED) is 0.373. The number of hydrogen-bond acceptors (Lipinski definition) is 1. The average molecular weight is 465 g/mol. The Hall–Kier alpha value is -0.660. The Labute approximate surface area is 142 Å². The predicted molar refractivity (Wildman–Crippen MR) is 91.0 cm³/mol. The predicted octanol–water partition coefficient (Wildman–Crippen LogP) is 5.27. The molecule has 0 unspecified atom stereocenters. The van der Waals surface area contributed by atoms with Crippen LogP contribution < -0.4 is 0 Å². The molecular weight excluding hydrogens is 457 g/mol. The van der Waals surface area contributed by atoms with Crippen molar-refractivity contribution < 1.29 is 4.39 Å². The van der Waals surface area contributed by atoms with Gasteiger partial charge in [-0.1, -0.05) is 15.9 Å². The smallest absolute Gasteiger partial charge is 0.129 e. The van der Waals surface area contributed by atoms with Crippen molar-refractivity contribution in [3.63, 3.8) is 0 Å². The van der Waals surface area contributed by atoms with Gasteiger partial charge in [0.15, 0.2) is 0 Å². The van der Waals surface area contributed by atoms with E-state index < -0.39 is 0 Å². The molecule has 0 bridgehead atoms. The summed E-state index contributed by atoms with van der Waals surface area (Å²) in [6.07, 6.45) is 0. The zero-order valence-corrected chi connectivity index (χ0v) is 14.6. The molecule has 102 valence electrons. The Morgan fingerprint density at radius 2 is 2.05 bits per heavy atom. The highest BCUT2D eigenvalue weighted by Gasteiger charge is 2.14. The molecule has 0 aliphatic carbocycles. The Morgan fingerprint density at radius 3 is 2.75 bits per heavy atom. The van der Waals surface area contributed by atoms with Gasteiger partial charge in [0.2, 0.25) is 0 Å². The lowest BCUT2D eigenvalue weighted by atomic mass is 10.2. The molecule has 0 N–H and O–H groups in total. The van der Waals surface area contributed by atoms with E-state index in [2.05, 4.69) is 43.5 Å². The Balaban J connectivity index is 2.34. The maximum Gasteiger partial charge on any atom is 0.129 e. The molecule has 3 aromatic rings. The summed E-state index contributed by atoms with van der Waals surface area (Å²) in [7, 11) is 0. The standard InChI is InChI=1S/C14H8BrClFIN2/c15-8-1-3-13-11(5-8)19-14(7-16)20(13)12-4-2-9(17)6-10(12)18/h1-6H,7H2. The van der Waals surface area contributed by atoms with Crippen LogP contribution in [0.5, 0.6) is 0 Å². The number of halogens is 4. The maximum absolute atomic E-state index is 13.3. The number of imidazole rings is 1. The van der Waals surface area contributed by atoms with Crippen LogP contribution in [0.1, 0.15) is 5.82 Å². The third-order valence-corrected chi connectivity index (χ3v) is 4.55. The minimum Gasteiger partial charge on any atom is -0.294 e. The second kappa shape index (κ2) is 5.61. The monoisotopic (exact) mass is 464 g/mol. The van der Waals surface area contributed by atoms with Gasteiger partial charge in [0.1, 0.15) is 11.6 Å². The van der Waals surface area contributed by atoms with Crippen LogP contribution in [-0.4, -0.2) is 9.55 Å². The molecule has 2 aromatic carbocycles. The summed E-state index contributed by atoms with van der Waals surface area (Å²) >= 11 is 11.6. The highest BCUT2D eigenvalue weighted by atomic mass is 127. The molecule has 0 spiro atoms. The summed E-state index contributed by atoms with van der Waals surface area (Å²) in [6.45, 7) is 0. The van der Waals surface area contributed by atoms with Crippen LogP contribution >= 0.6 is 50.1 Å². The number of rotatable bonds is 2. The van der Waals surface area contributed by atoms with Gasteiger partial charge in [0.25, 0.3) is 0 Å². The topological polar surface area (TPSA) is 17.8 Å². The van der Waals surface area contributed by atoms with Crippen molar-refractivity contribution >= 4 is 61.2 Å². The summed E-state index contributed by atoms with van der Waals surface area (Å²) in [4.78, 5) is 4.54.